The standard InChI is InChI=1S/C12H18.C8H18.C2H6.CH4/c1-9(2)7-8-12(10(3)4)11(5)6;1-4-6-7-8(3)5-2;1-2;/h7-8H,1,3H2,2,4-6H3;8H,4-7H2,1-3H3;1-2H3;1H4/b8-7-;;;. The maximum absolute atomic E-state index is 3.92. The summed E-state index contributed by atoms with van der Waals surface area (Å²) in [7, 11) is 0. The lowest BCUT2D eigenvalue weighted by molar-refractivity contribution is 0.492. The minimum absolute atomic E-state index is 0. The topological polar surface area (TPSA) is 0 Å². The highest BCUT2D eigenvalue weighted by atomic mass is 14.0. The summed E-state index contributed by atoms with van der Waals surface area (Å²) < 4.78 is 0. The number of rotatable bonds is 7. The van der Waals surface area contributed by atoms with Crippen LogP contribution in [-0.2, 0) is 0 Å². The first-order chi connectivity index (χ1) is 10.3. The Bertz CT molecular complexity index is 335. The molecule has 0 aliphatic rings. The molecule has 0 spiro atoms. The zero-order chi connectivity index (χ0) is 18.1. The van der Waals surface area contributed by atoms with Crippen LogP contribution in [0.2, 0.25) is 0 Å². The van der Waals surface area contributed by atoms with Crippen molar-refractivity contribution < 1.29 is 0 Å². The van der Waals surface area contributed by atoms with Crippen LogP contribution in [0.4, 0.5) is 0 Å². The second-order valence-electron chi connectivity index (χ2n) is 6.03. The molecule has 1 atom stereocenters. The molecule has 0 heteroatoms. The summed E-state index contributed by atoms with van der Waals surface area (Å²) in [6.07, 6.45) is 9.61. The minimum atomic E-state index is 0. The molecule has 0 saturated carbocycles. The maximum Gasteiger partial charge on any atom is -0.0247 e. The lowest BCUT2D eigenvalue weighted by atomic mass is 10.0. The van der Waals surface area contributed by atoms with Gasteiger partial charge in [0.1, 0.15) is 0 Å². The molecule has 138 valence electrons. The number of unbranched alkanes of at least 4 members (excludes halogenated alkanes) is 1. The van der Waals surface area contributed by atoms with Gasteiger partial charge in [0.25, 0.3) is 0 Å². The summed E-state index contributed by atoms with van der Waals surface area (Å²) in [6.45, 7) is 26.8. The Kier molecular flexibility index (Phi) is 27.3. The Labute approximate surface area is 149 Å². The zero-order valence-corrected chi connectivity index (χ0v) is 17.0. The number of hydrogen-bond acceptors (Lipinski definition) is 0. The smallest absolute Gasteiger partial charge is 0.0247 e. The molecule has 0 nitrogen and oxygen atoms in total. The van der Waals surface area contributed by atoms with Crippen molar-refractivity contribution in [1.82, 2.24) is 0 Å². The van der Waals surface area contributed by atoms with Crippen LogP contribution < -0.4 is 0 Å². The van der Waals surface area contributed by atoms with Crippen LogP contribution in [0.25, 0.3) is 0 Å². The molecule has 0 aliphatic heterocycles. The molecule has 0 heterocycles. The number of hydrogen-bond donors (Lipinski definition) is 0. The van der Waals surface area contributed by atoms with Crippen molar-refractivity contribution in [3.63, 3.8) is 0 Å². The summed E-state index contributed by atoms with van der Waals surface area (Å²) in [5.41, 5.74) is 4.68. The first-order valence-electron chi connectivity index (χ1n) is 8.93. The fraction of sp³-hybridized carbons (Fsp3) is 0.652. The van der Waals surface area contributed by atoms with E-state index in [1.807, 2.05) is 33.8 Å². The Balaban J connectivity index is -0.000000144. The first kappa shape index (κ1) is 29.9. The van der Waals surface area contributed by atoms with E-state index in [0.29, 0.717) is 0 Å². The van der Waals surface area contributed by atoms with E-state index in [4.69, 9.17) is 0 Å². The molecule has 0 bridgehead atoms. The van der Waals surface area contributed by atoms with Gasteiger partial charge in [-0.25, -0.2) is 0 Å². The molecule has 0 amide bonds. The predicted molar refractivity (Wildman–Crippen MR) is 114 cm³/mol. The van der Waals surface area contributed by atoms with E-state index in [1.54, 1.807) is 0 Å². The van der Waals surface area contributed by atoms with Crippen molar-refractivity contribution in [1.29, 1.82) is 0 Å². The second kappa shape index (κ2) is 21.0. The molecule has 0 aromatic carbocycles. The first-order valence-corrected chi connectivity index (χ1v) is 8.93. The molecule has 0 aliphatic carbocycles. The summed E-state index contributed by atoms with van der Waals surface area (Å²) in [6, 6.07) is 0. The van der Waals surface area contributed by atoms with Crippen LogP contribution in [0, 0.1) is 5.92 Å². The molecule has 0 N–H and O–H groups in total. The van der Waals surface area contributed by atoms with Crippen LogP contribution >= 0.6 is 0 Å². The van der Waals surface area contributed by atoms with Gasteiger partial charge in [0, 0.05) is 0 Å². The van der Waals surface area contributed by atoms with Gasteiger partial charge in [-0.15, -0.1) is 0 Å². The highest BCUT2D eigenvalue weighted by Crippen LogP contribution is 2.14. The monoisotopic (exact) mass is 322 g/mol. The van der Waals surface area contributed by atoms with Crippen LogP contribution in [0.1, 0.15) is 95.4 Å². The third kappa shape index (κ3) is 23.4. The Hall–Kier alpha value is -1.04. The van der Waals surface area contributed by atoms with Crippen LogP contribution in [0.5, 0.6) is 0 Å². The molecule has 0 rings (SSSR count). The third-order valence-electron chi connectivity index (χ3n) is 3.28. The van der Waals surface area contributed by atoms with Gasteiger partial charge in [0.05, 0.1) is 0 Å². The Morgan fingerprint density at radius 2 is 1.43 bits per heavy atom. The molecule has 0 radical (unpaired) electrons. The van der Waals surface area contributed by atoms with E-state index in [-0.39, 0.29) is 7.43 Å². The van der Waals surface area contributed by atoms with E-state index in [0.717, 1.165) is 17.1 Å². The van der Waals surface area contributed by atoms with Crippen molar-refractivity contribution >= 4 is 0 Å². The average Bonchev–Trinajstić information content (AvgIpc) is 2.46. The van der Waals surface area contributed by atoms with Crippen LogP contribution in [0.3, 0.4) is 0 Å². The van der Waals surface area contributed by atoms with Gasteiger partial charge >= 0.3 is 0 Å². The van der Waals surface area contributed by atoms with E-state index in [2.05, 4.69) is 53.9 Å². The molecule has 0 aromatic heterocycles. The largest absolute Gasteiger partial charge is 0.0961 e. The highest BCUT2D eigenvalue weighted by molar-refractivity contribution is 5.41. The lowest BCUT2D eigenvalue weighted by Crippen LogP contribution is -1.89. The molecule has 0 fully saturated rings. The minimum Gasteiger partial charge on any atom is -0.0961 e. The van der Waals surface area contributed by atoms with Crippen molar-refractivity contribution in [2.24, 2.45) is 5.92 Å². The van der Waals surface area contributed by atoms with Crippen LogP contribution in [0.15, 0.2) is 47.6 Å². The van der Waals surface area contributed by atoms with Gasteiger partial charge < -0.3 is 0 Å². The molecular weight excluding hydrogens is 276 g/mol. The van der Waals surface area contributed by atoms with Crippen molar-refractivity contribution in [3.05, 3.63) is 47.6 Å². The molecule has 1 unspecified atom stereocenters. The summed E-state index contributed by atoms with van der Waals surface area (Å²) >= 11 is 0. The zero-order valence-electron chi connectivity index (χ0n) is 17.0. The normalized spacial score (nSPS) is 10.3. The Morgan fingerprint density at radius 1 is 0.957 bits per heavy atom. The number of allylic oxidation sites excluding steroid dienone is 6. The quantitative estimate of drug-likeness (QED) is 0.410. The lowest BCUT2D eigenvalue weighted by Gasteiger charge is -2.04. The van der Waals surface area contributed by atoms with E-state index >= 15 is 0 Å². The van der Waals surface area contributed by atoms with Crippen molar-refractivity contribution in [2.75, 3.05) is 0 Å². The van der Waals surface area contributed by atoms with Gasteiger partial charge in [-0.2, -0.15) is 0 Å². The summed E-state index contributed by atoms with van der Waals surface area (Å²) in [5, 5.41) is 0. The van der Waals surface area contributed by atoms with Crippen LogP contribution in [-0.4, -0.2) is 0 Å². The average molecular weight is 323 g/mol. The van der Waals surface area contributed by atoms with E-state index in [9.17, 15) is 0 Å². The molecule has 0 aromatic rings. The van der Waals surface area contributed by atoms with Gasteiger partial charge in [0.2, 0.25) is 0 Å². The molecular formula is C23H46. The summed E-state index contributed by atoms with van der Waals surface area (Å²) in [4.78, 5) is 0. The molecule has 23 heavy (non-hydrogen) atoms. The van der Waals surface area contributed by atoms with Gasteiger partial charge in [-0.1, -0.05) is 110 Å². The summed E-state index contributed by atoms with van der Waals surface area (Å²) in [5.74, 6) is 0.954. The van der Waals surface area contributed by atoms with E-state index < -0.39 is 0 Å². The molecule has 0 saturated heterocycles. The highest BCUT2D eigenvalue weighted by Gasteiger charge is 1.95. The van der Waals surface area contributed by atoms with Gasteiger partial charge in [0.15, 0.2) is 0 Å². The van der Waals surface area contributed by atoms with Gasteiger partial charge in [-0.05, 0) is 39.2 Å². The van der Waals surface area contributed by atoms with Crippen molar-refractivity contribution in [2.45, 2.75) is 95.4 Å². The SMILES string of the molecule is C.C=C(C)/C=C\C(C(=C)C)=C(C)C.CC.CCCCC(C)CC. The fourth-order valence-corrected chi connectivity index (χ4v) is 1.72. The maximum atomic E-state index is 3.92. The third-order valence-corrected chi connectivity index (χ3v) is 3.28. The van der Waals surface area contributed by atoms with Gasteiger partial charge in [-0.3, -0.25) is 0 Å². The Morgan fingerprint density at radius 3 is 1.70 bits per heavy atom. The van der Waals surface area contributed by atoms with E-state index in [1.165, 1.54) is 36.8 Å². The van der Waals surface area contributed by atoms with Crippen molar-refractivity contribution in [3.8, 4) is 0 Å². The predicted octanol–water partition coefficient (Wildman–Crippen LogP) is 8.92. The second-order valence-corrected chi connectivity index (χ2v) is 6.03. The fourth-order valence-electron chi connectivity index (χ4n) is 1.72.